The molecule has 0 saturated heterocycles. The molecule has 2 aromatic heterocycles. The van der Waals surface area contributed by atoms with Crippen LogP contribution in [0.3, 0.4) is 0 Å². The van der Waals surface area contributed by atoms with Gasteiger partial charge in [0.2, 0.25) is 0 Å². The van der Waals surface area contributed by atoms with Gasteiger partial charge in [-0.2, -0.15) is 5.10 Å². The summed E-state index contributed by atoms with van der Waals surface area (Å²) in [6.07, 6.45) is 6.09. The summed E-state index contributed by atoms with van der Waals surface area (Å²) in [7, 11) is 0. The van der Waals surface area contributed by atoms with Gasteiger partial charge in [0, 0.05) is 24.2 Å². The van der Waals surface area contributed by atoms with E-state index < -0.39 is 5.91 Å². The van der Waals surface area contributed by atoms with Gasteiger partial charge in [0.15, 0.2) is 11.5 Å². The molecule has 4 aromatic rings. The third kappa shape index (κ3) is 4.19. The first-order valence-corrected chi connectivity index (χ1v) is 11.4. The van der Waals surface area contributed by atoms with Crippen LogP contribution in [-0.2, 0) is 13.0 Å². The number of amides is 1. The van der Waals surface area contributed by atoms with Gasteiger partial charge >= 0.3 is 0 Å². The van der Waals surface area contributed by atoms with E-state index in [2.05, 4.69) is 25.2 Å². The average Bonchev–Trinajstić information content (AvgIpc) is 3.31. The Bertz CT molecular complexity index is 1310. The van der Waals surface area contributed by atoms with Crippen LogP contribution in [0.15, 0.2) is 48.7 Å². The van der Waals surface area contributed by atoms with E-state index in [-0.39, 0.29) is 5.69 Å². The molecule has 0 fully saturated rings. The third-order valence-corrected chi connectivity index (χ3v) is 6.26. The van der Waals surface area contributed by atoms with Gasteiger partial charge in [-0.1, -0.05) is 35.7 Å². The van der Waals surface area contributed by atoms with E-state index in [0.717, 1.165) is 48.7 Å². The number of fused-ring (bicyclic) bond motifs is 1. The predicted octanol–water partition coefficient (Wildman–Crippen LogP) is 5.01. The van der Waals surface area contributed by atoms with Crippen LogP contribution in [0.5, 0.6) is 0 Å². The number of aryl methyl sites for hydroxylation is 1. The van der Waals surface area contributed by atoms with Crippen LogP contribution >= 0.6 is 23.2 Å². The van der Waals surface area contributed by atoms with Crippen LogP contribution < -0.4 is 11.1 Å². The fourth-order valence-electron chi connectivity index (χ4n) is 4.03. The molecule has 1 aliphatic rings. The molecule has 0 bridgehead atoms. The van der Waals surface area contributed by atoms with E-state index in [1.165, 1.54) is 11.1 Å². The number of nitrogens with zero attached hydrogens (tertiary/aromatic N) is 5. The highest BCUT2D eigenvalue weighted by Crippen LogP contribution is 2.31. The Morgan fingerprint density at radius 1 is 1.00 bits per heavy atom. The largest absolute Gasteiger partial charge is 0.364 e. The van der Waals surface area contributed by atoms with E-state index in [9.17, 15) is 4.79 Å². The number of primary amides is 1. The van der Waals surface area contributed by atoms with Crippen molar-refractivity contribution in [2.45, 2.75) is 32.2 Å². The number of anilines is 2. The highest BCUT2D eigenvalue weighted by Gasteiger charge is 2.19. The van der Waals surface area contributed by atoms with Crippen LogP contribution in [-0.4, -0.2) is 30.5 Å². The van der Waals surface area contributed by atoms with Crippen molar-refractivity contribution in [2.75, 3.05) is 5.32 Å². The van der Waals surface area contributed by atoms with Gasteiger partial charge in [0.1, 0.15) is 11.5 Å². The minimum atomic E-state index is -0.665. The normalized spacial score (nSPS) is 13.4. The van der Waals surface area contributed by atoms with E-state index in [1.807, 2.05) is 24.3 Å². The van der Waals surface area contributed by atoms with Crippen molar-refractivity contribution in [3.63, 3.8) is 0 Å². The molecular formula is C23H21Cl2N7O. The smallest absolute Gasteiger partial charge is 0.271 e. The summed E-state index contributed by atoms with van der Waals surface area (Å²) in [6.45, 7) is 0.934. The lowest BCUT2D eigenvalue weighted by atomic mass is 10.2. The molecule has 168 valence electrons. The van der Waals surface area contributed by atoms with Crippen molar-refractivity contribution in [2.24, 2.45) is 5.73 Å². The number of halogens is 2. The fourth-order valence-corrected chi connectivity index (χ4v) is 4.60. The minimum Gasteiger partial charge on any atom is -0.364 e. The number of aromatic nitrogens is 5. The van der Waals surface area contributed by atoms with Gasteiger partial charge in [-0.3, -0.25) is 4.79 Å². The van der Waals surface area contributed by atoms with E-state index in [0.29, 0.717) is 21.4 Å². The topological polar surface area (TPSA) is 104 Å². The van der Waals surface area contributed by atoms with Crippen molar-refractivity contribution in [3.05, 3.63) is 70.2 Å². The number of hydrogen-bond donors (Lipinski definition) is 2. The number of nitrogens with one attached hydrogen (secondary N) is 1. The zero-order valence-electron chi connectivity index (χ0n) is 17.6. The van der Waals surface area contributed by atoms with Crippen molar-refractivity contribution in [3.8, 4) is 17.1 Å². The zero-order valence-corrected chi connectivity index (χ0v) is 19.1. The predicted molar refractivity (Wildman–Crippen MR) is 128 cm³/mol. The molecule has 0 spiro atoms. The number of carbonyl (C=O) groups is 1. The summed E-state index contributed by atoms with van der Waals surface area (Å²) in [5.74, 6) is 1.25. The SMILES string of the molecule is NC(=O)c1nn(-c2c(Cl)cccc2Cl)cc1Nc1ccc(-c2nnc3n2CCCCC3)cc1. The summed E-state index contributed by atoms with van der Waals surface area (Å²) in [5, 5.41) is 17.1. The Morgan fingerprint density at radius 3 is 2.48 bits per heavy atom. The van der Waals surface area contributed by atoms with E-state index in [4.69, 9.17) is 28.9 Å². The first-order chi connectivity index (χ1) is 16.0. The van der Waals surface area contributed by atoms with Crippen LogP contribution in [0.1, 0.15) is 35.6 Å². The second-order valence-corrected chi connectivity index (χ2v) is 8.69. The molecule has 0 unspecified atom stereocenters. The number of para-hydroxylation sites is 1. The van der Waals surface area contributed by atoms with Crippen LogP contribution in [0.25, 0.3) is 17.1 Å². The molecular weight excluding hydrogens is 461 g/mol. The number of rotatable bonds is 5. The highest BCUT2D eigenvalue weighted by molar-refractivity contribution is 6.37. The Balaban J connectivity index is 1.44. The van der Waals surface area contributed by atoms with E-state index in [1.54, 1.807) is 24.4 Å². The number of hydrogen-bond acceptors (Lipinski definition) is 5. The number of nitrogens with two attached hydrogens (primary N) is 1. The Morgan fingerprint density at radius 2 is 1.76 bits per heavy atom. The van der Waals surface area contributed by atoms with Crippen molar-refractivity contribution in [1.29, 1.82) is 0 Å². The minimum absolute atomic E-state index is 0.0813. The standard InChI is InChI=1S/C23H21Cl2N7O/c24-16-5-4-6-17(25)21(16)32-13-18(20(30-32)22(26)33)27-15-10-8-14(9-11-15)23-29-28-19-7-2-1-3-12-31(19)23/h4-6,8-11,13,27H,1-3,7,12H2,(H2,26,33). The Kier molecular flexibility index (Phi) is 5.78. The van der Waals surface area contributed by atoms with Gasteiger partial charge in [-0.25, -0.2) is 4.68 Å². The lowest BCUT2D eigenvalue weighted by Crippen LogP contribution is -2.14. The summed E-state index contributed by atoms with van der Waals surface area (Å²) in [6, 6.07) is 12.9. The van der Waals surface area contributed by atoms with Gasteiger partial charge in [0.25, 0.3) is 5.91 Å². The number of benzene rings is 2. The fraction of sp³-hybridized carbons (Fsp3) is 0.217. The lowest BCUT2D eigenvalue weighted by Gasteiger charge is -2.09. The highest BCUT2D eigenvalue weighted by atomic mass is 35.5. The van der Waals surface area contributed by atoms with Crippen molar-refractivity contribution < 1.29 is 4.79 Å². The van der Waals surface area contributed by atoms with Crippen LogP contribution in [0.4, 0.5) is 11.4 Å². The first-order valence-electron chi connectivity index (χ1n) is 10.6. The zero-order chi connectivity index (χ0) is 22.9. The molecule has 5 rings (SSSR count). The number of carbonyl (C=O) groups excluding carboxylic acids is 1. The molecule has 0 aliphatic carbocycles. The maximum absolute atomic E-state index is 12.0. The molecule has 1 aliphatic heterocycles. The lowest BCUT2D eigenvalue weighted by molar-refractivity contribution is 0.0996. The molecule has 33 heavy (non-hydrogen) atoms. The quantitative estimate of drug-likeness (QED) is 0.417. The molecule has 3 N–H and O–H groups in total. The maximum Gasteiger partial charge on any atom is 0.271 e. The molecule has 10 heteroatoms. The molecule has 0 atom stereocenters. The monoisotopic (exact) mass is 481 g/mol. The average molecular weight is 482 g/mol. The molecule has 0 saturated carbocycles. The Labute approximate surface area is 200 Å². The van der Waals surface area contributed by atoms with Gasteiger partial charge in [-0.15, -0.1) is 10.2 Å². The molecule has 8 nitrogen and oxygen atoms in total. The second kappa shape index (κ2) is 8.88. The molecule has 3 heterocycles. The summed E-state index contributed by atoms with van der Waals surface area (Å²) in [5.41, 5.74) is 8.31. The summed E-state index contributed by atoms with van der Waals surface area (Å²) in [4.78, 5) is 12.0. The molecule has 1 amide bonds. The summed E-state index contributed by atoms with van der Waals surface area (Å²) >= 11 is 12.6. The molecule has 2 aromatic carbocycles. The van der Waals surface area contributed by atoms with Gasteiger partial charge in [0.05, 0.1) is 21.9 Å². The van der Waals surface area contributed by atoms with Gasteiger partial charge < -0.3 is 15.6 Å². The van der Waals surface area contributed by atoms with Crippen molar-refractivity contribution in [1.82, 2.24) is 24.5 Å². The maximum atomic E-state index is 12.0. The Hall–Kier alpha value is -3.36. The van der Waals surface area contributed by atoms with Crippen LogP contribution in [0, 0.1) is 0 Å². The van der Waals surface area contributed by atoms with Gasteiger partial charge in [-0.05, 0) is 49.2 Å². The summed E-state index contributed by atoms with van der Waals surface area (Å²) < 4.78 is 3.66. The van der Waals surface area contributed by atoms with Crippen molar-refractivity contribution >= 4 is 40.5 Å². The first kappa shape index (κ1) is 21.5. The second-order valence-electron chi connectivity index (χ2n) is 7.87. The third-order valence-electron chi connectivity index (χ3n) is 5.65. The van der Waals surface area contributed by atoms with E-state index >= 15 is 0 Å². The van der Waals surface area contributed by atoms with Crippen LogP contribution in [0.2, 0.25) is 10.0 Å². The molecule has 0 radical (unpaired) electrons.